The summed E-state index contributed by atoms with van der Waals surface area (Å²) in [4.78, 5) is 11.6. The Morgan fingerprint density at radius 1 is 1.40 bits per heavy atom. The van der Waals surface area contributed by atoms with Crippen LogP contribution in [-0.4, -0.2) is 17.8 Å². The minimum atomic E-state index is -0.292. The Morgan fingerprint density at radius 2 is 2.25 bits per heavy atom. The van der Waals surface area contributed by atoms with Gasteiger partial charge in [0.2, 0.25) is 6.20 Å². The van der Waals surface area contributed by atoms with Crippen LogP contribution in [0.25, 0.3) is 21.9 Å². The Balaban J connectivity index is 2.19. The van der Waals surface area contributed by atoms with E-state index in [0.717, 1.165) is 21.1 Å². The second-order valence-electron chi connectivity index (χ2n) is 4.47. The fourth-order valence-electron chi connectivity index (χ4n) is 2.38. The molecule has 0 amide bonds. The molecule has 0 aliphatic carbocycles. The molecular weight excluding hydrogens is 258 g/mol. The predicted molar refractivity (Wildman–Crippen MR) is 71.4 cm³/mol. The van der Waals surface area contributed by atoms with Crippen LogP contribution >= 0.6 is 0 Å². The van der Waals surface area contributed by atoms with E-state index >= 15 is 0 Å². The molecule has 0 saturated carbocycles. The summed E-state index contributed by atoms with van der Waals surface area (Å²) < 4.78 is 11.5. The SMILES string of the molecule is CCOC(=O)Cc1coc2ccc3c(ccc[n+]3O)c12. The van der Waals surface area contributed by atoms with Gasteiger partial charge in [0.15, 0.2) is 0 Å². The van der Waals surface area contributed by atoms with Crippen molar-refractivity contribution >= 4 is 27.8 Å². The molecule has 0 saturated heterocycles. The van der Waals surface area contributed by atoms with E-state index in [1.165, 1.54) is 0 Å². The molecule has 5 heteroatoms. The largest absolute Gasteiger partial charge is 0.466 e. The van der Waals surface area contributed by atoms with E-state index in [1.54, 1.807) is 37.6 Å². The Labute approximate surface area is 115 Å². The molecule has 20 heavy (non-hydrogen) atoms. The summed E-state index contributed by atoms with van der Waals surface area (Å²) in [7, 11) is 0. The van der Waals surface area contributed by atoms with Gasteiger partial charge in [0, 0.05) is 27.8 Å². The molecule has 1 aromatic carbocycles. The molecule has 0 radical (unpaired) electrons. The van der Waals surface area contributed by atoms with Crippen LogP contribution in [0.1, 0.15) is 12.5 Å². The monoisotopic (exact) mass is 272 g/mol. The van der Waals surface area contributed by atoms with E-state index in [9.17, 15) is 10.0 Å². The zero-order valence-corrected chi connectivity index (χ0v) is 11.0. The summed E-state index contributed by atoms with van der Waals surface area (Å²) in [6.45, 7) is 2.13. The van der Waals surface area contributed by atoms with Gasteiger partial charge in [-0.3, -0.25) is 10.0 Å². The highest BCUT2D eigenvalue weighted by Gasteiger charge is 2.17. The van der Waals surface area contributed by atoms with Crippen LogP contribution in [0.5, 0.6) is 0 Å². The van der Waals surface area contributed by atoms with Crippen molar-refractivity contribution in [1.29, 1.82) is 0 Å². The molecule has 3 aromatic rings. The molecule has 2 heterocycles. The first-order chi connectivity index (χ1) is 9.70. The molecule has 0 aliphatic rings. The van der Waals surface area contributed by atoms with E-state index in [-0.39, 0.29) is 12.4 Å². The van der Waals surface area contributed by atoms with Gasteiger partial charge in [0.05, 0.1) is 24.7 Å². The Morgan fingerprint density at radius 3 is 3.05 bits per heavy atom. The van der Waals surface area contributed by atoms with Gasteiger partial charge in [-0.2, -0.15) is 0 Å². The van der Waals surface area contributed by atoms with Crippen molar-refractivity contribution in [3.05, 3.63) is 42.3 Å². The molecule has 0 bridgehead atoms. The van der Waals surface area contributed by atoms with Gasteiger partial charge >= 0.3 is 5.97 Å². The highest BCUT2D eigenvalue weighted by Crippen LogP contribution is 2.28. The first kappa shape index (κ1) is 12.5. The number of aromatic nitrogens is 1. The first-order valence-electron chi connectivity index (χ1n) is 6.39. The van der Waals surface area contributed by atoms with Crippen molar-refractivity contribution in [2.75, 3.05) is 6.61 Å². The minimum absolute atomic E-state index is 0.153. The minimum Gasteiger partial charge on any atom is -0.466 e. The number of rotatable bonds is 3. The normalized spacial score (nSPS) is 11.1. The van der Waals surface area contributed by atoms with Gasteiger partial charge in [0.25, 0.3) is 5.52 Å². The lowest BCUT2D eigenvalue weighted by molar-refractivity contribution is -0.884. The van der Waals surface area contributed by atoms with Crippen LogP contribution in [0.3, 0.4) is 0 Å². The van der Waals surface area contributed by atoms with Crippen LogP contribution in [-0.2, 0) is 16.0 Å². The van der Waals surface area contributed by atoms with E-state index in [0.29, 0.717) is 17.7 Å². The number of hydrogen-bond donors (Lipinski definition) is 1. The summed E-state index contributed by atoms with van der Waals surface area (Å²) in [5, 5.41) is 11.5. The number of pyridine rings is 1. The lowest BCUT2D eigenvalue weighted by Crippen LogP contribution is -2.29. The molecule has 0 fully saturated rings. The van der Waals surface area contributed by atoms with E-state index in [4.69, 9.17) is 9.15 Å². The average molecular weight is 272 g/mol. The molecule has 3 rings (SSSR count). The smallest absolute Gasteiger partial charge is 0.310 e. The Bertz CT molecular complexity index is 791. The second-order valence-corrected chi connectivity index (χ2v) is 4.47. The summed E-state index contributed by atoms with van der Waals surface area (Å²) in [6.07, 6.45) is 3.27. The number of carbonyl (C=O) groups is 1. The average Bonchev–Trinajstić information content (AvgIpc) is 2.83. The van der Waals surface area contributed by atoms with Crippen molar-refractivity contribution in [3.8, 4) is 0 Å². The van der Waals surface area contributed by atoms with Gasteiger partial charge < -0.3 is 9.15 Å². The summed E-state index contributed by atoms with van der Waals surface area (Å²) >= 11 is 0. The molecular formula is C15H14NO4+. The van der Waals surface area contributed by atoms with Gasteiger partial charge in [-0.05, 0) is 19.1 Å². The highest BCUT2D eigenvalue weighted by atomic mass is 16.5. The summed E-state index contributed by atoms with van der Waals surface area (Å²) in [5.74, 6) is -0.292. The number of ether oxygens (including phenoxy) is 1. The molecule has 2 aromatic heterocycles. The zero-order valence-electron chi connectivity index (χ0n) is 11.0. The van der Waals surface area contributed by atoms with Crippen molar-refractivity contribution in [2.45, 2.75) is 13.3 Å². The zero-order chi connectivity index (χ0) is 14.1. The fourth-order valence-corrected chi connectivity index (χ4v) is 2.38. The molecule has 0 spiro atoms. The number of nitrogens with zero attached hydrogens (tertiary/aromatic N) is 1. The number of hydrogen-bond acceptors (Lipinski definition) is 4. The van der Waals surface area contributed by atoms with E-state index in [2.05, 4.69) is 0 Å². The fraction of sp³-hybridized carbons (Fsp3) is 0.200. The standard InChI is InChI=1S/C15H14NO4/c1-2-19-14(17)8-10-9-20-13-6-5-12-11(15(10)13)4-3-7-16(12)18/h3-7,9,18H,2,8H2,1H3/q+1. The van der Waals surface area contributed by atoms with Crippen LogP contribution in [0.4, 0.5) is 0 Å². The maximum Gasteiger partial charge on any atom is 0.310 e. The van der Waals surface area contributed by atoms with E-state index < -0.39 is 0 Å². The summed E-state index contributed by atoms with van der Waals surface area (Å²) in [5.41, 5.74) is 2.10. The number of carbonyl (C=O) groups excluding carboxylic acids is 1. The topological polar surface area (TPSA) is 63.5 Å². The number of benzene rings is 1. The first-order valence-corrected chi connectivity index (χ1v) is 6.39. The highest BCUT2D eigenvalue weighted by molar-refractivity contribution is 6.05. The van der Waals surface area contributed by atoms with Gasteiger partial charge in [-0.15, -0.1) is 0 Å². The van der Waals surface area contributed by atoms with Crippen molar-refractivity contribution in [1.82, 2.24) is 0 Å². The van der Waals surface area contributed by atoms with Gasteiger partial charge in [-0.1, -0.05) is 0 Å². The number of furan rings is 1. The van der Waals surface area contributed by atoms with Crippen molar-refractivity contribution in [2.24, 2.45) is 0 Å². The third-order valence-corrected chi connectivity index (χ3v) is 3.21. The lowest BCUT2D eigenvalue weighted by atomic mass is 10.1. The van der Waals surface area contributed by atoms with Gasteiger partial charge in [0.1, 0.15) is 5.58 Å². The number of fused-ring (bicyclic) bond motifs is 3. The van der Waals surface area contributed by atoms with Crippen molar-refractivity contribution < 1.29 is 23.9 Å². The van der Waals surface area contributed by atoms with Crippen LogP contribution in [0.15, 0.2) is 41.1 Å². The third-order valence-electron chi connectivity index (χ3n) is 3.21. The van der Waals surface area contributed by atoms with Crippen molar-refractivity contribution in [3.63, 3.8) is 0 Å². The van der Waals surface area contributed by atoms with Crippen LogP contribution in [0.2, 0.25) is 0 Å². The quantitative estimate of drug-likeness (QED) is 0.451. The second kappa shape index (κ2) is 4.85. The number of esters is 1. The van der Waals surface area contributed by atoms with Crippen LogP contribution < -0.4 is 4.73 Å². The molecule has 102 valence electrons. The van der Waals surface area contributed by atoms with Gasteiger partial charge in [-0.25, -0.2) is 0 Å². The molecule has 1 N–H and O–H groups in total. The predicted octanol–water partition coefficient (Wildman–Crippen LogP) is 2.22. The van der Waals surface area contributed by atoms with Crippen LogP contribution in [0, 0.1) is 0 Å². The third kappa shape index (κ3) is 1.97. The van der Waals surface area contributed by atoms with E-state index in [1.807, 2.05) is 6.07 Å². The Kier molecular flexibility index (Phi) is 3.02. The lowest BCUT2D eigenvalue weighted by Gasteiger charge is -2.01. The maximum atomic E-state index is 11.6. The molecule has 0 unspecified atom stereocenters. The molecule has 0 aliphatic heterocycles. The molecule has 0 atom stereocenters. The summed E-state index contributed by atoms with van der Waals surface area (Å²) in [6, 6.07) is 7.17. The Hall–Kier alpha value is -2.56. The maximum absolute atomic E-state index is 11.6. The molecule has 5 nitrogen and oxygen atoms in total.